The van der Waals surface area contributed by atoms with Gasteiger partial charge in [-0.05, 0) is 18.9 Å². The molecule has 0 aliphatic carbocycles. The first-order valence-electron chi connectivity index (χ1n) is 7.11. The summed E-state index contributed by atoms with van der Waals surface area (Å²) < 4.78 is 0. The number of nitrogens with zero attached hydrogens (tertiary/aromatic N) is 3. The van der Waals surface area contributed by atoms with Crippen molar-refractivity contribution < 1.29 is 10.0 Å². The topological polar surface area (TPSA) is 79.5 Å². The first-order valence-corrected chi connectivity index (χ1v) is 7.11. The van der Waals surface area contributed by atoms with Gasteiger partial charge >= 0.3 is 0 Å². The van der Waals surface area contributed by atoms with Crippen molar-refractivity contribution in [2.45, 2.75) is 45.6 Å². The lowest BCUT2D eigenvalue weighted by Gasteiger charge is -2.23. The molecule has 1 aliphatic rings. The van der Waals surface area contributed by atoms with E-state index in [0.717, 1.165) is 19.4 Å². The molecule has 0 aromatic carbocycles. The maximum absolute atomic E-state index is 10.5. The van der Waals surface area contributed by atoms with Gasteiger partial charge < -0.3 is 10.0 Å². The summed E-state index contributed by atoms with van der Waals surface area (Å²) in [6.07, 6.45) is 5.85. The third-order valence-corrected chi connectivity index (χ3v) is 3.33. The molecule has 1 aromatic rings. The highest BCUT2D eigenvalue weighted by atomic mass is 16.6. The van der Waals surface area contributed by atoms with Gasteiger partial charge in [0.1, 0.15) is 12.0 Å². The lowest BCUT2D eigenvalue weighted by molar-refractivity contribution is -0.385. The van der Waals surface area contributed by atoms with Crippen molar-refractivity contribution >= 4 is 11.5 Å². The van der Waals surface area contributed by atoms with Crippen LogP contribution in [0.5, 0.6) is 0 Å². The van der Waals surface area contributed by atoms with Crippen molar-refractivity contribution in [3.63, 3.8) is 0 Å². The molecule has 6 nitrogen and oxygen atoms in total. The Kier molecular flexibility index (Phi) is 6.93. The Balaban J connectivity index is 0.000000444. The second kappa shape index (κ2) is 8.47. The quantitative estimate of drug-likeness (QED) is 0.678. The van der Waals surface area contributed by atoms with E-state index >= 15 is 0 Å². The molecule has 2 rings (SSSR count). The van der Waals surface area contributed by atoms with Crippen molar-refractivity contribution in [1.29, 1.82) is 0 Å². The van der Waals surface area contributed by atoms with Gasteiger partial charge in [-0.15, -0.1) is 0 Å². The van der Waals surface area contributed by atoms with Crippen LogP contribution in [0.1, 0.15) is 39.5 Å². The highest BCUT2D eigenvalue weighted by Crippen LogP contribution is 2.24. The Hall–Kier alpha value is -1.69. The molecule has 1 N–H and O–H groups in total. The van der Waals surface area contributed by atoms with E-state index in [-0.39, 0.29) is 18.3 Å². The SMILES string of the molecule is CCCC.O=[N+]([O-])c1ccc(N2CCCC2CO)nc1. The van der Waals surface area contributed by atoms with Gasteiger partial charge in [0.15, 0.2) is 0 Å². The van der Waals surface area contributed by atoms with Crippen LogP contribution in [-0.2, 0) is 0 Å². The van der Waals surface area contributed by atoms with Crippen LogP contribution in [0.25, 0.3) is 0 Å². The molecule has 6 heteroatoms. The maximum atomic E-state index is 10.5. The van der Waals surface area contributed by atoms with Crippen molar-refractivity contribution in [1.82, 2.24) is 4.98 Å². The fraction of sp³-hybridized carbons (Fsp3) is 0.643. The Bertz CT molecular complexity index is 407. The number of anilines is 1. The number of aromatic nitrogens is 1. The summed E-state index contributed by atoms with van der Waals surface area (Å²) in [5.74, 6) is 0.696. The van der Waals surface area contributed by atoms with Crippen molar-refractivity contribution in [3.8, 4) is 0 Å². The Morgan fingerprint density at radius 1 is 1.45 bits per heavy atom. The van der Waals surface area contributed by atoms with E-state index in [1.54, 1.807) is 6.07 Å². The van der Waals surface area contributed by atoms with E-state index in [1.165, 1.54) is 25.1 Å². The van der Waals surface area contributed by atoms with Gasteiger partial charge in [-0.25, -0.2) is 4.98 Å². The third-order valence-electron chi connectivity index (χ3n) is 3.33. The predicted octanol–water partition coefficient (Wildman–Crippen LogP) is 2.76. The Morgan fingerprint density at radius 2 is 2.15 bits per heavy atom. The molecule has 1 aromatic heterocycles. The fourth-order valence-electron chi connectivity index (χ4n) is 1.98. The normalized spacial score (nSPS) is 17.6. The molecular weight excluding hydrogens is 258 g/mol. The summed E-state index contributed by atoms with van der Waals surface area (Å²) in [5.41, 5.74) is -0.0107. The van der Waals surface area contributed by atoms with Crippen LogP contribution in [-0.4, -0.2) is 34.2 Å². The van der Waals surface area contributed by atoms with Crippen LogP contribution in [0.15, 0.2) is 18.3 Å². The predicted molar refractivity (Wildman–Crippen MR) is 78.9 cm³/mol. The summed E-state index contributed by atoms with van der Waals surface area (Å²) in [4.78, 5) is 16.0. The van der Waals surface area contributed by atoms with E-state index in [2.05, 4.69) is 18.8 Å². The maximum Gasteiger partial charge on any atom is 0.287 e. The summed E-state index contributed by atoms with van der Waals surface area (Å²) in [6.45, 7) is 5.30. The van der Waals surface area contributed by atoms with Gasteiger partial charge in [-0.2, -0.15) is 0 Å². The number of unbranched alkanes of at least 4 members (excludes halogenated alkanes) is 1. The molecule has 1 saturated heterocycles. The number of aliphatic hydroxyl groups is 1. The minimum absolute atomic E-state index is 0.0107. The molecule has 1 unspecified atom stereocenters. The van der Waals surface area contributed by atoms with Crippen LogP contribution in [0.2, 0.25) is 0 Å². The minimum atomic E-state index is -0.468. The summed E-state index contributed by atoms with van der Waals surface area (Å²) in [6, 6.07) is 3.16. The van der Waals surface area contributed by atoms with E-state index in [9.17, 15) is 10.1 Å². The minimum Gasteiger partial charge on any atom is -0.394 e. The number of hydrogen-bond donors (Lipinski definition) is 1. The Labute approximate surface area is 119 Å². The zero-order valence-electron chi connectivity index (χ0n) is 12.2. The van der Waals surface area contributed by atoms with Crippen molar-refractivity contribution in [3.05, 3.63) is 28.4 Å². The average Bonchev–Trinajstić information content (AvgIpc) is 2.96. The van der Waals surface area contributed by atoms with Crippen LogP contribution in [0.4, 0.5) is 11.5 Å². The first-order chi connectivity index (χ1) is 9.63. The molecule has 20 heavy (non-hydrogen) atoms. The second-order valence-corrected chi connectivity index (χ2v) is 4.80. The van der Waals surface area contributed by atoms with E-state index in [0.29, 0.717) is 5.82 Å². The van der Waals surface area contributed by atoms with Crippen LogP contribution in [0.3, 0.4) is 0 Å². The van der Waals surface area contributed by atoms with Gasteiger partial charge in [-0.3, -0.25) is 10.1 Å². The number of rotatable bonds is 4. The zero-order chi connectivity index (χ0) is 15.0. The first kappa shape index (κ1) is 16.4. The summed E-state index contributed by atoms with van der Waals surface area (Å²) >= 11 is 0. The lowest BCUT2D eigenvalue weighted by atomic mass is 10.2. The third kappa shape index (κ3) is 4.45. The summed E-state index contributed by atoms with van der Waals surface area (Å²) in [5, 5.41) is 19.6. The molecule has 0 amide bonds. The Morgan fingerprint density at radius 3 is 2.60 bits per heavy atom. The molecule has 0 spiro atoms. The largest absolute Gasteiger partial charge is 0.394 e. The number of nitro groups is 1. The van der Waals surface area contributed by atoms with Crippen molar-refractivity contribution in [2.24, 2.45) is 0 Å². The molecule has 1 atom stereocenters. The highest BCUT2D eigenvalue weighted by Gasteiger charge is 2.25. The molecule has 0 radical (unpaired) electrons. The van der Waals surface area contributed by atoms with Gasteiger partial charge in [0.05, 0.1) is 17.6 Å². The van der Waals surface area contributed by atoms with Gasteiger partial charge in [0.25, 0.3) is 5.69 Å². The van der Waals surface area contributed by atoms with Gasteiger partial charge in [-0.1, -0.05) is 26.7 Å². The standard InChI is InChI=1S/C10H13N3O3.C4H10/c14-7-9-2-1-5-12(9)10-4-3-8(6-11-10)13(15)16;1-3-4-2/h3-4,6,9,14H,1-2,5,7H2;3-4H2,1-2H3. The smallest absolute Gasteiger partial charge is 0.287 e. The van der Waals surface area contributed by atoms with Crippen LogP contribution in [0, 0.1) is 10.1 Å². The number of aliphatic hydroxyl groups excluding tert-OH is 1. The molecule has 0 bridgehead atoms. The lowest BCUT2D eigenvalue weighted by Crippen LogP contribution is -2.32. The number of pyridine rings is 1. The summed E-state index contributed by atoms with van der Waals surface area (Å²) in [7, 11) is 0. The molecular formula is C14H23N3O3. The molecule has 0 saturated carbocycles. The van der Waals surface area contributed by atoms with E-state index in [4.69, 9.17) is 5.11 Å². The molecule has 112 valence electrons. The molecule has 2 heterocycles. The van der Waals surface area contributed by atoms with Gasteiger partial charge in [0.2, 0.25) is 0 Å². The van der Waals surface area contributed by atoms with Crippen LogP contribution >= 0.6 is 0 Å². The van der Waals surface area contributed by atoms with E-state index in [1.807, 2.05) is 4.90 Å². The van der Waals surface area contributed by atoms with Crippen LogP contribution < -0.4 is 4.90 Å². The second-order valence-electron chi connectivity index (χ2n) is 4.80. The molecule has 1 fully saturated rings. The zero-order valence-corrected chi connectivity index (χ0v) is 12.2. The van der Waals surface area contributed by atoms with Gasteiger partial charge in [0, 0.05) is 12.6 Å². The molecule has 1 aliphatic heterocycles. The van der Waals surface area contributed by atoms with Crippen molar-refractivity contribution in [2.75, 3.05) is 18.1 Å². The highest BCUT2D eigenvalue weighted by molar-refractivity contribution is 5.44. The monoisotopic (exact) mass is 281 g/mol. The number of hydrogen-bond acceptors (Lipinski definition) is 5. The van der Waals surface area contributed by atoms with E-state index < -0.39 is 4.92 Å². The average molecular weight is 281 g/mol. The fourth-order valence-corrected chi connectivity index (χ4v) is 1.98.